The lowest BCUT2D eigenvalue weighted by Gasteiger charge is -2.00. The van der Waals surface area contributed by atoms with E-state index in [-0.39, 0.29) is 5.91 Å². The van der Waals surface area contributed by atoms with Gasteiger partial charge in [0.25, 0.3) is 0 Å². The molecule has 22 heavy (non-hydrogen) atoms. The molecule has 0 aliphatic carbocycles. The van der Waals surface area contributed by atoms with E-state index in [9.17, 15) is 9.59 Å². The van der Waals surface area contributed by atoms with Gasteiger partial charge in [-0.3, -0.25) is 10.2 Å². The highest BCUT2D eigenvalue weighted by Gasteiger charge is 2.06. The van der Waals surface area contributed by atoms with Gasteiger partial charge >= 0.3 is 6.09 Å². The summed E-state index contributed by atoms with van der Waals surface area (Å²) in [6, 6.07) is 4.00. The van der Waals surface area contributed by atoms with Crippen LogP contribution in [0.15, 0.2) is 17.5 Å². The predicted molar refractivity (Wildman–Crippen MR) is 86.1 cm³/mol. The van der Waals surface area contributed by atoms with E-state index in [0.717, 1.165) is 23.4 Å². The van der Waals surface area contributed by atoms with E-state index in [4.69, 9.17) is 5.11 Å². The number of rotatable bonds is 7. The van der Waals surface area contributed by atoms with Crippen molar-refractivity contribution < 1.29 is 14.7 Å². The Morgan fingerprint density at radius 2 is 2.05 bits per heavy atom. The minimum absolute atomic E-state index is 0.119. The van der Waals surface area contributed by atoms with Gasteiger partial charge in [0.2, 0.25) is 5.91 Å². The summed E-state index contributed by atoms with van der Waals surface area (Å²) in [5, 5.41) is 13.7. The van der Waals surface area contributed by atoms with Gasteiger partial charge in [-0.15, -0.1) is 22.7 Å². The summed E-state index contributed by atoms with van der Waals surface area (Å²) in [7, 11) is 0. The molecule has 2 aromatic heterocycles. The van der Waals surface area contributed by atoms with E-state index < -0.39 is 6.09 Å². The molecule has 9 heteroatoms. The largest absolute Gasteiger partial charge is 0.464 e. The Bertz CT molecular complexity index is 653. The van der Waals surface area contributed by atoms with E-state index in [1.54, 1.807) is 11.3 Å². The minimum Gasteiger partial charge on any atom is -0.464 e. The highest BCUT2D eigenvalue weighted by molar-refractivity contribution is 7.14. The number of hydrazine groups is 1. The van der Waals surface area contributed by atoms with Crippen molar-refractivity contribution in [1.82, 2.24) is 15.8 Å². The Balaban J connectivity index is 1.79. The topological polar surface area (TPSA) is 103 Å². The predicted octanol–water partition coefficient (Wildman–Crippen LogP) is 2.22. The van der Waals surface area contributed by atoms with E-state index in [1.165, 1.54) is 23.1 Å². The number of nitrogens with one attached hydrogen (secondary N) is 3. The number of carbonyl (C=O) groups excluding carboxylic acids is 1. The fourth-order valence-corrected chi connectivity index (χ4v) is 3.49. The summed E-state index contributed by atoms with van der Waals surface area (Å²) in [5.41, 5.74) is 5.68. The van der Waals surface area contributed by atoms with Crippen molar-refractivity contribution in [3.05, 3.63) is 33.0 Å². The van der Waals surface area contributed by atoms with E-state index >= 15 is 0 Å². The van der Waals surface area contributed by atoms with Crippen LogP contribution in [-0.2, 0) is 24.2 Å². The first-order chi connectivity index (χ1) is 10.5. The lowest BCUT2D eigenvalue weighted by Crippen LogP contribution is -2.35. The van der Waals surface area contributed by atoms with Gasteiger partial charge in [0.15, 0.2) is 5.13 Å². The lowest BCUT2D eigenvalue weighted by atomic mass is 10.2. The third kappa shape index (κ3) is 5.43. The first-order valence-electron chi connectivity index (χ1n) is 6.54. The van der Waals surface area contributed by atoms with Crippen LogP contribution >= 0.6 is 22.7 Å². The van der Waals surface area contributed by atoms with Crippen LogP contribution in [0.3, 0.4) is 0 Å². The van der Waals surface area contributed by atoms with Gasteiger partial charge in [0.05, 0.1) is 5.69 Å². The van der Waals surface area contributed by atoms with Crippen LogP contribution in [0.1, 0.15) is 22.4 Å². The van der Waals surface area contributed by atoms with E-state index in [1.807, 2.05) is 17.5 Å². The second-order valence-electron chi connectivity index (χ2n) is 4.48. The van der Waals surface area contributed by atoms with Crippen LogP contribution in [0.4, 0.5) is 9.93 Å². The number of thiazole rings is 1. The summed E-state index contributed by atoms with van der Waals surface area (Å²) in [4.78, 5) is 27.9. The zero-order valence-electron chi connectivity index (χ0n) is 11.9. The molecule has 0 aliphatic heterocycles. The summed E-state index contributed by atoms with van der Waals surface area (Å²) in [6.45, 7) is 1.92. The number of nitrogens with zero attached hydrogens (tertiary/aromatic N) is 1. The van der Waals surface area contributed by atoms with Gasteiger partial charge in [-0.05, 0) is 25.0 Å². The second-order valence-corrected chi connectivity index (χ2v) is 6.59. The molecule has 0 unspecified atom stereocenters. The number of carboxylic acid groups (broad SMARTS) is 1. The van der Waals surface area contributed by atoms with E-state index in [0.29, 0.717) is 11.7 Å². The Labute approximate surface area is 135 Å². The molecular formula is C13H16N4O3S2. The normalized spacial score (nSPS) is 10.4. The van der Waals surface area contributed by atoms with Crippen molar-refractivity contribution in [1.29, 1.82) is 0 Å². The quantitative estimate of drug-likeness (QED) is 0.579. The molecular weight excluding hydrogens is 324 g/mol. The Morgan fingerprint density at radius 3 is 2.77 bits per heavy atom. The summed E-state index contributed by atoms with van der Waals surface area (Å²) >= 11 is 3.05. The zero-order chi connectivity index (χ0) is 15.9. The van der Waals surface area contributed by atoms with Crippen molar-refractivity contribution >= 4 is 39.8 Å². The molecule has 2 amide bonds. The fraction of sp³-hybridized carbons (Fsp3) is 0.308. The molecule has 4 N–H and O–H groups in total. The van der Waals surface area contributed by atoms with Crippen LogP contribution < -0.4 is 16.2 Å². The molecule has 0 atom stereocenters. The molecule has 0 aliphatic rings. The first-order valence-corrected chi connectivity index (χ1v) is 8.24. The molecule has 0 saturated heterocycles. The number of aryl methyl sites for hydroxylation is 2. The Kier molecular flexibility index (Phi) is 5.87. The van der Waals surface area contributed by atoms with Crippen molar-refractivity contribution in [2.75, 3.05) is 5.32 Å². The standard InChI is InChI=1S/C13H16N4O3S2/c1-8(18)15-12-16-9(7-21-12)2-3-10-4-5-11(22-10)6-14-17-13(19)20/h4-5,7,14,17H,2-3,6H2,1H3,(H,19,20)(H,15,16,18). The van der Waals surface area contributed by atoms with Gasteiger partial charge in [-0.1, -0.05) is 0 Å². The number of amides is 2. The minimum atomic E-state index is -1.10. The number of hydrogen-bond donors (Lipinski definition) is 4. The smallest absolute Gasteiger partial charge is 0.419 e. The van der Waals surface area contributed by atoms with E-state index in [2.05, 4.69) is 21.2 Å². The number of hydrogen-bond acceptors (Lipinski definition) is 6. The molecule has 2 heterocycles. The maximum atomic E-state index is 10.9. The van der Waals surface area contributed by atoms with Crippen LogP contribution in [0, 0.1) is 0 Å². The maximum absolute atomic E-state index is 10.9. The van der Waals surface area contributed by atoms with Crippen molar-refractivity contribution in [2.45, 2.75) is 26.3 Å². The molecule has 0 saturated carbocycles. The summed E-state index contributed by atoms with van der Waals surface area (Å²) < 4.78 is 0. The second kappa shape index (κ2) is 7.87. The molecule has 0 aromatic carbocycles. The van der Waals surface area contributed by atoms with Crippen molar-refractivity contribution in [3.8, 4) is 0 Å². The third-order valence-electron chi connectivity index (χ3n) is 2.64. The fourth-order valence-electron chi connectivity index (χ4n) is 1.74. The molecule has 118 valence electrons. The molecule has 0 bridgehead atoms. The highest BCUT2D eigenvalue weighted by atomic mass is 32.1. The maximum Gasteiger partial charge on any atom is 0.419 e. The van der Waals surface area contributed by atoms with Crippen molar-refractivity contribution in [2.24, 2.45) is 0 Å². The molecule has 2 rings (SSSR count). The van der Waals surface area contributed by atoms with Gasteiger partial charge in [0, 0.05) is 28.6 Å². The van der Waals surface area contributed by atoms with Gasteiger partial charge in [-0.25, -0.2) is 15.2 Å². The summed E-state index contributed by atoms with van der Waals surface area (Å²) in [5.74, 6) is -0.119. The SMILES string of the molecule is CC(=O)Nc1nc(CCc2ccc(CNNC(=O)O)s2)cs1. The van der Waals surface area contributed by atoms with Gasteiger partial charge < -0.3 is 10.4 Å². The number of anilines is 1. The van der Waals surface area contributed by atoms with Gasteiger partial charge in [-0.2, -0.15) is 0 Å². The molecule has 0 spiro atoms. The Hall–Kier alpha value is -1.97. The molecule has 0 fully saturated rings. The molecule has 7 nitrogen and oxygen atoms in total. The molecule has 0 radical (unpaired) electrons. The van der Waals surface area contributed by atoms with Crippen LogP contribution in [0.2, 0.25) is 0 Å². The third-order valence-corrected chi connectivity index (χ3v) is 4.59. The zero-order valence-corrected chi connectivity index (χ0v) is 13.5. The average Bonchev–Trinajstić information content (AvgIpc) is 3.05. The monoisotopic (exact) mass is 340 g/mol. The number of aromatic nitrogens is 1. The number of thiophene rings is 1. The van der Waals surface area contributed by atoms with Crippen LogP contribution in [0.5, 0.6) is 0 Å². The van der Waals surface area contributed by atoms with Gasteiger partial charge in [0.1, 0.15) is 0 Å². The molecule has 2 aromatic rings. The van der Waals surface area contributed by atoms with Crippen LogP contribution in [0.25, 0.3) is 0 Å². The first kappa shape index (κ1) is 16.4. The summed E-state index contributed by atoms with van der Waals surface area (Å²) in [6.07, 6.45) is 0.562. The van der Waals surface area contributed by atoms with Crippen LogP contribution in [-0.4, -0.2) is 22.1 Å². The Morgan fingerprint density at radius 1 is 1.27 bits per heavy atom. The highest BCUT2D eigenvalue weighted by Crippen LogP contribution is 2.20. The number of carbonyl (C=O) groups is 2. The average molecular weight is 340 g/mol. The van der Waals surface area contributed by atoms with Crippen molar-refractivity contribution in [3.63, 3.8) is 0 Å². The lowest BCUT2D eigenvalue weighted by molar-refractivity contribution is -0.114.